The van der Waals surface area contributed by atoms with Crippen molar-refractivity contribution in [2.75, 3.05) is 48.1 Å². The summed E-state index contributed by atoms with van der Waals surface area (Å²) in [6.07, 6.45) is 0.969. The summed E-state index contributed by atoms with van der Waals surface area (Å²) in [5.74, 6) is 6.98. The number of fused-ring (bicyclic) bond motifs is 4. The first-order valence-corrected chi connectivity index (χ1v) is 36.2. The van der Waals surface area contributed by atoms with E-state index in [1.807, 2.05) is 255 Å². The van der Waals surface area contributed by atoms with Gasteiger partial charge in [-0.2, -0.15) is 5.26 Å². The van der Waals surface area contributed by atoms with E-state index in [1.165, 1.54) is 6.33 Å². The summed E-state index contributed by atoms with van der Waals surface area (Å²) in [5, 5.41) is 30.0. The van der Waals surface area contributed by atoms with Crippen LogP contribution in [0.1, 0.15) is 104 Å². The molecule has 4 aliphatic heterocycles. The molecule has 0 amide bonds. The van der Waals surface area contributed by atoms with Gasteiger partial charge < -0.3 is 79.1 Å². The van der Waals surface area contributed by atoms with E-state index in [0.717, 1.165) is 102 Å². The number of ether oxygens (including phenoxy) is 8. The van der Waals surface area contributed by atoms with Gasteiger partial charge in [0.1, 0.15) is 101 Å². The summed E-state index contributed by atoms with van der Waals surface area (Å²) in [4.78, 5) is 35.0. The zero-order chi connectivity index (χ0) is 81.2. The van der Waals surface area contributed by atoms with Gasteiger partial charge in [-0.25, -0.2) is 28.0 Å². The van der Waals surface area contributed by atoms with Crippen LogP contribution in [0.15, 0.2) is 236 Å². The molecule has 15 rings (SSSR count). The Balaban J connectivity index is 0.000000177. The Hall–Kier alpha value is -12.3. The van der Waals surface area contributed by atoms with E-state index >= 15 is 0 Å². The van der Waals surface area contributed by atoms with Gasteiger partial charge in [-0.15, -0.1) is 5.60 Å². The van der Waals surface area contributed by atoms with E-state index in [0.29, 0.717) is 55.1 Å². The maximum absolute atomic E-state index is 10.7. The van der Waals surface area contributed by atoms with E-state index in [-0.39, 0.29) is 73.0 Å². The van der Waals surface area contributed by atoms with Crippen molar-refractivity contribution >= 4 is 45.5 Å². The first kappa shape index (κ1) is 87.3. The van der Waals surface area contributed by atoms with Crippen LogP contribution in [0.3, 0.4) is 0 Å². The average Bonchev–Trinajstić information content (AvgIpc) is 1.54. The third kappa shape index (κ3) is 24.6. The number of nitrogens with zero attached hydrogens (tertiary/aromatic N) is 10. The van der Waals surface area contributed by atoms with Crippen LogP contribution in [-0.2, 0) is 37.0 Å². The second-order valence-electron chi connectivity index (χ2n) is 27.7. The molecule has 1 saturated heterocycles. The molecule has 0 radical (unpaired) electrons. The zero-order valence-corrected chi connectivity index (χ0v) is 67.6. The van der Waals surface area contributed by atoms with E-state index in [1.54, 1.807) is 48.5 Å². The second kappa shape index (κ2) is 41.8. The van der Waals surface area contributed by atoms with Crippen molar-refractivity contribution in [1.29, 1.82) is 5.26 Å². The Kier molecular flexibility index (Phi) is 32.0. The van der Waals surface area contributed by atoms with Crippen LogP contribution in [0.2, 0.25) is 0 Å². The molecule has 5 atom stereocenters. The van der Waals surface area contributed by atoms with Crippen molar-refractivity contribution in [3.63, 3.8) is 0 Å². The minimum atomic E-state index is -0.750. The minimum Gasteiger partial charge on any atom is -0.850 e. The first-order valence-electron chi connectivity index (χ1n) is 36.2. The topological polar surface area (TPSA) is 278 Å². The molecular formula is C89H90N13NaO11. The minimum absolute atomic E-state index is 0. The van der Waals surface area contributed by atoms with Crippen LogP contribution < -0.4 is 75.3 Å². The van der Waals surface area contributed by atoms with Crippen molar-refractivity contribution in [1.82, 2.24) is 19.1 Å². The van der Waals surface area contributed by atoms with Gasteiger partial charge >= 0.3 is 35.6 Å². The molecule has 25 heteroatoms. The molecule has 0 bridgehead atoms. The van der Waals surface area contributed by atoms with Gasteiger partial charge in [-0.3, -0.25) is 19.1 Å². The molecule has 0 saturated carbocycles. The molecule has 4 aliphatic rings. The number of carbonyl (C=O) groups excluding carboxylic acids is 1. The quantitative estimate of drug-likeness (QED) is 0.0422. The van der Waals surface area contributed by atoms with E-state index in [2.05, 4.69) is 39.2 Å². The number of nitrogens with one attached hydrogen (secondary N) is 1. The molecule has 1 fully saturated rings. The zero-order valence-electron chi connectivity index (χ0n) is 65.6. The van der Waals surface area contributed by atoms with E-state index in [4.69, 9.17) is 86.0 Å². The molecule has 6 N–H and O–H groups in total. The van der Waals surface area contributed by atoms with Crippen LogP contribution in [-0.4, -0.2) is 85.9 Å². The Bertz CT molecular complexity index is 5180. The molecule has 7 heterocycles. The molecule has 114 heavy (non-hydrogen) atoms. The van der Waals surface area contributed by atoms with Gasteiger partial charge in [0.15, 0.2) is 5.82 Å². The number of nitrogens with two attached hydrogens (primary N) is 2. The van der Waals surface area contributed by atoms with Crippen LogP contribution >= 0.6 is 0 Å². The predicted octanol–water partition coefficient (Wildman–Crippen LogP) is 15.7. The summed E-state index contributed by atoms with van der Waals surface area (Å²) in [5.41, 5.74) is 22.3. The molecule has 3 aromatic heterocycles. The molecule has 0 spiro atoms. The maximum atomic E-state index is 10.7. The molecule has 0 aliphatic carbocycles. The summed E-state index contributed by atoms with van der Waals surface area (Å²) in [6.45, 7) is 48.3. The van der Waals surface area contributed by atoms with Crippen LogP contribution in [0.4, 0.5) is 28.7 Å². The fourth-order valence-corrected chi connectivity index (χ4v) is 11.7. The predicted molar refractivity (Wildman–Crippen MR) is 435 cm³/mol. The van der Waals surface area contributed by atoms with Gasteiger partial charge in [-0.05, 0) is 194 Å². The van der Waals surface area contributed by atoms with Crippen LogP contribution in [0.25, 0.3) is 41.8 Å². The molecule has 8 aromatic carbocycles. The maximum Gasteiger partial charge on any atom is 1.00 e. The molecule has 11 aromatic rings. The van der Waals surface area contributed by atoms with Gasteiger partial charge in [0.05, 0.1) is 66.8 Å². The first-order chi connectivity index (χ1) is 54.3. The van der Waals surface area contributed by atoms with Gasteiger partial charge in [0, 0.05) is 28.2 Å². The Labute approximate surface area is 687 Å². The number of hydrogen-bond donors (Lipinski definition) is 4. The van der Waals surface area contributed by atoms with Gasteiger partial charge in [-0.1, -0.05) is 100 Å². The molecule has 24 nitrogen and oxygen atoms in total. The number of nitriles is 1. The number of anilines is 4. The van der Waals surface area contributed by atoms with Gasteiger partial charge in [0.25, 0.3) is 12.5 Å². The van der Waals surface area contributed by atoms with Crippen molar-refractivity contribution in [2.45, 2.75) is 124 Å². The van der Waals surface area contributed by atoms with Crippen molar-refractivity contribution in [3.05, 3.63) is 304 Å². The van der Waals surface area contributed by atoms with Crippen molar-refractivity contribution in [2.24, 2.45) is 0 Å². The fraction of sp³-hybridized carbons (Fsp3) is 0.258. The Morgan fingerprint density at radius 3 is 1.37 bits per heavy atom. The second-order valence-corrected chi connectivity index (χ2v) is 27.7. The SMILES string of the molecule is CC(C)(C)O.CC(C)(C)[O-].CC1OCc2c1c1ncnc(N)c1n2-c1ccc(Oc2ccccc2)cc1.N#CCNc1ccc(Oc2ccccc2)cc1.[C-]#[N+]C1C(=O)COC1C.[C-]#[N+]CN(C1=C([N+]#[C-])C(C)OC1)c1ccc(Oc2ccccc2)cc1.[C-]#[N+]c1c(N)c2c(n1-c1ccc(Oc3ccccc3)cc1)COC2C.[Na+]. The van der Waals surface area contributed by atoms with E-state index in [9.17, 15) is 9.90 Å². The average molecular weight is 1540 g/mol. The molecule has 578 valence electrons. The summed E-state index contributed by atoms with van der Waals surface area (Å²) in [6, 6.07) is 70.5. The van der Waals surface area contributed by atoms with E-state index < -0.39 is 17.2 Å². The third-order valence-electron chi connectivity index (χ3n) is 16.8. The number of para-hydroxylation sites is 4. The van der Waals surface area contributed by atoms with Crippen LogP contribution in [0, 0.1) is 37.6 Å². The Morgan fingerprint density at radius 2 is 0.974 bits per heavy atom. The number of hydrogen-bond acceptors (Lipinski definition) is 18. The standard InChI is InChI=1S/C21H18N4O2.2C20H17N3O2.C14H12N2O.C6H7NO2.C4H10O.C4H9O.Na/c1-13-18-17(11-26-13)25(20-19(18)23-12-24-21(20)22)14-7-9-16(10-8-14)27-15-5-3-2-4-6-15;1-13-18-17(12-24-13)23(20(22-2)19(18)21)14-8-10-16(11-9-14)25-15-6-4-3-5-7-15;1-15-20(22-3)19(13-24-15)23(14-21-2)16-9-11-18(12-10-16)25-17-7-5-4-6-8-17;15-10-11-16-12-6-8-14(9-7-12)17-13-4-2-1-3-5-13;1-4-6(7-2)5(8)3-9-4;2*1-4(2,3)5;/h2-10,12-13H,11H2,1H3,(H2,22,23,24);3-11,13H,12,21H2,1H3;4-12,15H,13-14H2,1H3;1-9,16H,11H2;4,6H,3H2,1H3;5H,1-3H3;1-3H3;/q;;;;;;-1;+1. The summed E-state index contributed by atoms with van der Waals surface area (Å²) >= 11 is 0. The number of Topliss-reactive ketones (excluding diaryl/α,β-unsaturated/α-hetero) is 1. The number of aromatic nitrogens is 4. The number of carbonyl (C=O) groups is 1. The fourth-order valence-electron chi connectivity index (χ4n) is 11.7. The smallest absolute Gasteiger partial charge is 0.850 e. The van der Waals surface area contributed by atoms with Crippen molar-refractivity contribution < 1.29 is 82.5 Å². The summed E-state index contributed by atoms with van der Waals surface area (Å²) in [7, 11) is 0. The Morgan fingerprint density at radius 1 is 0.570 bits per heavy atom. The largest absolute Gasteiger partial charge is 1.00 e. The van der Waals surface area contributed by atoms with Crippen molar-refractivity contribution in [3.8, 4) is 63.4 Å². The molecule has 5 unspecified atom stereocenters. The van der Waals surface area contributed by atoms with Gasteiger partial charge in [0.2, 0.25) is 11.5 Å². The molecular weight excluding hydrogens is 1450 g/mol. The number of rotatable bonds is 15. The number of nitrogen functional groups attached to an aromatic ring is 2. The third-order valence-corrected chi connectivity index (χ3v) is 16.8. The van der Waals surface area contributed by atoms with Crippen LogP contribution in [0.5, 0.6) is 46.0 Å². The number of benzene rings is 8. The monoisotopic (exact) mass is 1540 g/mol. The number of aliphatic hydroxyl groups is 1. The normalized spacial score (nSPS) is 15.9. The summed E-state index contributed by atoms with van der Waals surface area (Å²) < 4.78 is 49.1. The number of ketones is 1.